The normalized spacial score (nSPS) is 10.6. The summed E-state index contributed by atoms with van der Waals surface area (Å²) in [7, 11) is 1.38. The molecule has 0 aliphatic rings. The van der Waals surface area contributed by atoms with Gasteiger partial charge in [0, 0.05) is 5.69 Å². The first kappa shape index (κ1) is 21.5. The van der Waals surface area contributed by atoms with Gasteiger partial charge in [0.1, 0.15) is 0 Å². The van der Waals surface area contributed by atoms with Crippen molar-refractivity contribution < 1.29 is 9.53 Å². The fourth-order valence-corrected chi connectivity index (χ4v) is 3.53. The summed E-state index contributed by atoms with van der Waals surface area (Å²) in [6, 6.07) is 13.5. The molecular weight excluding hydrogens is 396 g/mol. The fraction of sp³-hybridized carbons (Fsp3) is 0.261. The minimum absolute atomic E-state index is 0.357. The Hall–Kier alpha value is -3.19. The number of anilines is 2. The van der Waals surface area contributed by atoms with Crippen molar-refractivity contribution in [1.29, 1.82) is 0 Å². The van der Waals surface area contributed by atoms with Crippen molar-refractivity contribution in [2.75, 3.05) is 17.7 Å². The third-order valence-corrected chi connectivity index (χ3v) is 5.42. The topological polar surface area (TPSA) is 68.2 Å². The Morgan fingerprint density at radius 2 is 1.80 bits per heavy atom. The molecule has 0 atom stereocenters. The molecule has 0 saturated carbocycles. The zero-order valence-corrected chi connectivity index (χ0v) is 18.7. The first-order valence-corrected chi connectivity index (χ1v) is 10.1. The average Bonchev–Trinajstić information content (AvgIpc) is 2.98. The Labute approximate surface area is 182 Å². The summed E-state index contributed by atoms with van der Waals surface area (Å²) in [6.07, 6.45) is 0. The van der Waals surface area contributed by atoms with E-state index in [1.54, 1.807) is 6.07 Å². The maximum atomic E-state index is 12.1. The number of carbonyl (C=O) groups excluding carboxylic acids is 1. The van der Waals surface area contributed by atoms with Gasteiger partial charge in [0.25, 0.3) is 0 Å². The van der Waals surface area contributed by atoms with Gasteiger partial charge in [-0.3, -0.25) is 4.68 Å². The zero-order valence-electron chi connectivity index (χ0n) is 17.9. The number of hydrogen-bond acceptors (Lipinski definition) is 4. The van der Waals surface area contributed by atoms with E-state index in [1.807, 2.05) is 48.9 Å². The molecule has 1 aromatic heterocycles. The summed E-state index contributed by atoms with van der Waals surface area (Å²) in [5, 5.41) is 11.7. The van der Waals surface area contributed by atoms with Crippen molar-refractivity contribution in [3.05, 3.63) is 76.1 Å². The fourth-order valence-electron chi connectivity index (χ4n) is 3.31. The Bertz CT molecular complexity index is 1100. The summed E-state index contributed by atoms with van der Waals surface area (Å²) in [4.78, 5) is 12.1. The largest absolute Gasteiger partial charge is 0.465 e. The summed E-state index contributed by atoms with van der Waals surface area (Å²) in [6.45, 7) is 8.49. The quantitative estimate of drug-likeness (QED) is 0.456. The van der Waals surface area contributed by atoms with E-state index in [4.69, 9.17) is 17.0 Å². The van der Waals surface area contributed by atoms with Crippen LogP contribution in [0.4, 0.5) is 11.4 Å². The van der Waals surface area contributed by atoms with Crippen molar-refractivity contribution >= 4 is 34.7 Å². The number of ether oxygens (including phenoxy) is 1. The lowest BCUT2D eigenvalue weighted by Crippen LogP contribution is -2.20. The molecule has 0 radical (unpaired) electrons. The maximum Gasteiger partial charge on any atom is 0.338 e. The highest BCUT2D eigenvalue weighted by Gasteiger charge is 2.16. The number of methoxy groups -OCH3 is 1. The SMILES string of the molecule is COC(=O)c1ccccc1Cn1nc(C)c(NC(=S)Nc2cccc(C)c2C)c1C. The molecule has 0 fully saturated rings. The molecule has 0 aliphatic heterocycles. The number of carbonyl (C=O) groups is 1. The highest BCUT2D eigenvalue weighted by molar-refractivity contribution is 7.80. The number of aryl methyl sites for hydroxylation is 2. The van der Waals surface area contributed by atoms with Gasteiger partial charge < -0.3 is 15.4 Å². The van der Waals surface area contributed by atoms with E-state index in [0.29, 0.717) is 17.2 Å². The molecule has 2 N–H and O–H groups in total. The predicted molar refractivity (Wildman–Crippen MR) is 124 cm³/mol. The smallest absolute Gasteiger partial charge is 0.338 e. The molecule has 0 aliphatic carbocycles. The third kappa shape index (κ3) is 4.52. The van der Waals surface area contributed by atoms with Crippen molar-refractivity contribution in [3.63, 3.8) is 0 Å². The highest BCUT2D eigenvalue weighted by Crippen LogP contribution is 2.23. The second-order valence-corrected chi connectivity index (χ2v) is 7.59. The van der Waals surface area contributed by atoms with Gasteiger partial charge in [0.15, 0.2) is 5.11 Å². The molecule has 0 saturated heterocycles. The zero-order chi connectivity index (χ0) is 21.8. The monoisotopic (exact) mass is 422 g/mol. The molecule has 3 aromatic rings. The van der Waals surface area contributed by atoms with Gasteiger partial charge >= 0.3 is 5.97 Å². The first-order valence-electron chi connectivity index (χ1n) is 9.66. The molecule has 3 rings (SSSR count). The number of nitrogens with one attached hydrogen (secondary N) is 2. The van der Waals surface area contributed by atoms with E-state index in [1.165, 1.54) is 12.7 Å². The predicted octanol–water partition coefficient (Wildman–Crippen LogP) is 4.76. The van der Waals surface area contributed by atoms with Crippen molar-refractivity contribution in [2.24, 2.45) is 0 Å². The number of aromatic nitrogens is 2. The van der Waals surface area contributed by atoms with E-state index in [9.17, 15) is 4.79 Å². The van der Waals surface area contributed by atoms with Gasteiger partial charge in [0.05, 0.1) is 36.3 Å². The minimum atomic E-state index is -0.357. The number of esters is 1. The highest BCUT2D eigenvalue weighted by atomic mass is 32.1. The molecule has 7 heteroatoms. The molecule has 2 aromatic carbocycles. The van der Waals surface area contributed by atoms with Crippen LogP contribution >= 0.6 is 12.2 Å². The van der Waals surface area contributed by atoms with E-state index < -0.39 is 0 Å². The van der Waals surface area contributed by atoms with Gasteiger partial charge in [0.2, 0.25) is 0 Å². The van der Waals surface area contributed by atoms with E-state index in [2.05, 4.69) is 35.6 Å². The number of hydrogen-bond donors (Lipinski definition) is 2. The van der Waals surface area contributed by atoms with Crippen LogP contribution in [0.15, 0.2) is 42.5 Å². The van der Waals surface area contributed by atoms with Gasteiger partial charge in [-0.1, -0.05) is 30.3 Å². The summed E-state index contributed by atoms with van der Waals surface area (Å²) >= 11 is 5.53. The van der Waals surface area contributed by atoms with Crippen LogP contribution in [0.3, 0.4) is 0 Å². The first-order chi connectivity index (χ1) is 14.3. The Morgan fingerprint density at radius 3 is 2.53 bits per heavy atom. The standard InChI is InChI=1S/C23H26N4O2S/c1-14-9-8-12-20(15(14)2)24-23(30)25-21-16(3)26-27(17(21)4)13-18-10-6-7-11-19(18)22(28)29-5/h6-12H,13H2,1-5H3,(H2,24,25,30). The third-order valence-electron chi connectivity index (χ3n) is 5.22. The van der Waals surface area contributed by atoms with Crippen molar-refractivity contribution in [1.82, 2.24) is 9.78 Å². The van der Waals surface area contributed by atoms with Crippen LogP contribution in [0.25, 0.3) is 0 Å². The number of rotatable bonds is 5. The van der Waals surface area contributed by atoms with Crippen LogP contribution in [-0.2, 0) is 11.3 Å². The number of thiocarbonyl (C=S) groups is 1. The summed E-state index contributed by atoms with van der Waals surface area (Å²) < 4.78 is 6.76. The summed E-state index contributed by atoms with van der Waals surface area (Å²) in [5.74, 6) is -0.357. The number of nitrogens with zero attached hydrogens (tertiary/aromatic N) is 2. The molecule has 156 valence electrons. The van der Waals surface area contributed by atoms with Crippen molar-refractivity contribution in [3.8, 4) is 0 Å². The van der Waals surface area contributed by atoms with Crippen LogP contribution in [0.5, 0.6) is 0 Å². The Morgan fingerprint density at radius 1 is 1.07 bits per heavy atom. The van der Waals surface area contributed by atoms with Gasteiger partial charge in [-0.2, -0.15) is 5.10 Å². The molecule has 0 spiro atoms. The summed E-state index contributed by atoms with van der Waals surface area (Å²) in [5.41, 5.74) is 7.32. The van der Waals surface area contributed by atoms with Crippen molar-refractivity contribution in [2.45, 2.75) is 34.2 Å². The molecule has 1 heterocycles. The molecule has 30 heavy (non-hydrogen) atoms. The van der Waals surface area contributed by atoms with Gasteiger partial charge in [-0.05, 0) is 68.7 Å². The van der Waals surface area contributed by atoms with Crippen LogP contribution in [0.1, 0.15) is 38.4 Å². The maximum absolute atomic E-state index is 12.1. The van der Waals surface area contributed by atoms with Crippen LogP contribution in [-0.4, -0.2) is 28.0 Å². The lowest BCUT2D eigenvalue weighted by molar-refractivity contribution is 0.0599. The minimum Gasteiger partial charge on any atom is -0.465 e. The number of benzene rings is 2. The molecule has 0 bridgehead atoms. The van der Waals surface area contributed by atoms with Crippen LogP contribution in [0, 0.1) is 27.7 Å². The average molecular weight is 423 g/mol. The molecule has 0 amide bonds. The molecule has 6 nitrogen and oxygen atoms in total. The van der Waals surface area contributed by atoms with E-state index in [0.717, 1.165) is 33.9 Å². The second-order valence-electron chi connectivity index (χ2n) is 7.18. The van der Waals surface area contributed by atoms with Crippen LogP contribution < -0.4 is 10.6 Å². The van der Waals surface area contributed by atoms with E-state index >= 15 is 0 Å². The molecular formula is C23H26N4O2S. The lowest BCUT2D eigenvalue weighted by Gasteiger charge is -2.14. The van der Waals surface area contributed by atoms with Gasteiger partial charge in [-0.25, -0.2) is 4.79 Å². The van der Waals surface area contributed by atoms with E-state index in [-0.39, 0.29) is 5.97 Å². The van der Waals surface area contributed by atoms with Gasteiger partial charge in [-0.15, -0.1) is 0 Å². The Kier molecular flexibility index (Phi) is 6.52. The second kappa shape index (κ2) is 9.09. The molecule has 0 unspecified atom stereocenters. The lowest BCUT2D eigenvalue weighted by atomic mass is 10.1. The van der Waals surface area contributed by atoms with Crippen LogP contribution in [0.2, 0.25) is 0 Å². The Balaban J connectivity index is 1.80.